The van der Waals surface area contributed by atoms with Gasteiger partial charge in [-0.25, -0.2) is 4.98 Å². The highest BCUT2D eigenvalue weighted by molar-refractivity contribution is 5.42. The zero-order chi connectivity index (χ0) is 14.3. The van der Waals surface area contributed by atoms with Gasteiger partial charge in [0.05, 0.1) is 0 Å². The molecule has 0 amide bonds. The van der Waals surface area contributed by atoms with Crippen LogP contribution in [0.4, 0.5) is 11.8 Å². The highest BCUT2D eigenvalue weighted by Gasteiger charge is 2.15. The van der Waals surface area contributed by atoms with Gasteiger partial charge in [-0.05, 0) is 31.7 Å². The lowest BCUT2D eigenvalue weighted by Gasteiger charge is -2.22. The minimum absolute atomic E-state index is 0.597. The Hall–Kier alpha value is -1.32. The van der Waals surface area contributed by atoms with Crippen molar-refractivity contribution in [2.24, 2.45) is 0 Å². The summed E-state index contributed by atoms with van der Waals surface area (Å²) in [6, 6.07) is 2.62. The summed E-state index contributed by atoms with van der Waals surface area (Å²) in [5.41, 5.74) is 0. The molecule has 1 aromatic heterocycles. The predicted molar refractivity (Wildman–Crippen MR) is 87.8 cm³/mol. The number of hydrogen-bond donors (Lipinski definition) is 1. The van der Waals surface area contributed by atoms with E-state index >= 15 is 0 Å². The van der Waals surface area contributed by atoms with Crippen LogP contribution in [0.25, 0.3) is 0 Å². The number of hydrogen-bond acceptors (Lipinski definition) is 4. The molecule has 116 valence electrons. The van der Waals surface area contributed by atoms with Gasteiger partial charge in [-0.3, -0.25) is 0 Å². The van der Waals surface area contributed by atoms with E-state index in [0.717, 1.165) is 24.9 Å². The van der Waals surface area contributed by atoms with Crippen molar-refractivity contribution in [3.8, 4) is 0 Å². The second kappa shape index (κ2) is 7.62. The van der Waals surface area contributed by atoms with Crippen LogP contribution in [0.3, 0.4) is 0 Å². The Morgan fingerprint density at radius 1 is 0.905 bits per heavy atom. The Balaban J connectivity index is 1.64. The quantitative estimate of drug-likeness (QED) is 0.854. The average molecular weight is 288 g/mol. The number of anilines is 2. The first kappa shape index (κ1) is 14.6. The van der Waals surface area contributed by atoms with E-state index < -0.39 is 0 Å². The van der Waals surface area contributed by atoms with Crippen molar-refractivity contribution in [2.75, 3.05) is 23.3 Å². The van der Waals surface area contributed by atoms with Crippen LogP contribution in [0.5, 0.6) is 0 Å². The highest BCUT2D eigenvalue weighted by Crippen LogP contribution is 2.22. The second-order valence-electron chi connectivity index (χ2n) is 6.48. The van der Waals surface area contributed by atoms with E-state index in [2.05, 4.69) is 15.2 Å². The molecule has 4 heteroatoms. The van der Waals surface area contributed by atoms with E-state index in [4.69, 9.17) is 4.98 Å². The first-order valence-electron chi connectivity index (χ1n) is 8.76. The lowest BCUT2D eigenvalue weighted by molar-refractivity contribution is 0.617. The smallest absolute Gasteiger partial charge is 0.227 e. The van der Waals surface area contributed by atoms with Crippen LogP contribution in [0, 0.1) is 0 Å². The van der Waals surface area contributed by atoms with Crippen molar-refractivity contribution < 1.29 is 0 Å². The molecule has 1 aliphatic heterocycles. The van der Waals surface area contributed by atoms with E-state index in [1.807, 2.05) is 12.3 Å². The molecule has 0 unspecified atom stereocenters. The van der Waals surface area contributed by atoms with Crippen LogP contribution in [0.2, 0.25) is 0 Å². The third-order valence-electron chi connectivity index (χ3n) is 4.74. The summed E-state index contributed by atoms with van der Waals surface area (Å²) < 4.78 is 0. The van der Waals surface area contributed by atoms with Gasteiger partial charge in [-0.15, -0.1) is 0 Å². The summed E-state index contributed by atoms with van der Waals surface area (Å²) in [6.07, 6.45) is 15.2. The van der Waals surface area contributed by atoms with Crippen LogP contribution in [-0.2, 0) is 0 Å². The minimum atomic E-state index is 0.597. The number of nitrogens with zero attached hydrogens (tertiary/aromatic N) is 3. The molecule has 1 saturated carbocycles. The Bertz CT molecular complexity index is 419. The monoisotopic (exact) mass is 288 g/mol. The van der Waals surface area contributed by atoms with Gasteiger partial charge >= 0.3 is 0 Å². The Labute approximate surface area is 128 Å². The molecular weight excluding hydrogens is 260 g/mol. The Kier molecular flexibility index (Phi) is 5.30. The van der Waals surface area contributed by atoms with Crippen molar-refractivity contribution in [1.82, 2.24) is 9.97 Å². The molecule has 0 radical (unpaired) electrons. The van der Waals surface area contributed by atoms with Crippen LogP contribution in [0.1, 0.15) is 64.2 Å². The van der Waals surface area contributed by atoms with Crippen molar-refractivity contribution in [1.29, 1.82) is 0 Å². The maximum absolute atomic E-state index is 4.77. The van der Waals surface area contributed by atoms with Crippen molar-refractivity contribution in [3.05, 3.63) is 12.3 Å². The molecule has 1 aromatic rings. The van der Waals surface area contributed by atoms with Gasteiger partial charge in [0.15, 0.2) is 0 Å². The first-order chi connectivity index (χ1) is 10.4. The molecule has 21 heavy (non-hydrogen) atoms. The molecular formula is C17H28N4. The van der Waals surface area contributed by atoms with Crippen molar-refractivity contribution in [2.45, 2.75) is 70.3 Å². The van der Waals surface area contributed by atoms with Crippen molar-refractivity contribution in [3.63, 3.8) is 0 Å². The molecule has 0 bridgehead atoms. The van der Waals surface area contributed by atoms with Gasteiger partial charge in [-0.2, -0.15) is 4.98 Å². The molecule has 1 N–H and O–H groups in total. The lowest BCUT2D eigenvalue weighted by atomic mass is 10.1. The summed E-state index contributed by atoms with van der Waals surface area (Å²) in [4.78, 5) is 11.6. The fraction of sp³-hybridized carbons (Fsp3) is 0.765. The van der Waals surface area contributed by atoms with Gasteiger partial charge < -0.3 is 10.2 Å². The van der Waals surface area contributed by atoms with Crippen LogP contribution in [-0.4, -0.2) is 29.1 Å². The highest BCUT2D eigenvalue weighted by atomic mass is 15.3. The van der Waals surface area contributed by atoms with Crippen LogP contribution < -0.4 is 10.2 Å². The minimum Gasteiger partial charge on any atom is -0.367 e. The third-order valence-corrected chi connectivity index (χ3v) is 4.74. The number of aromatic nitrogens is 2. The zero-order valence-electron chi connectivity index (χ0n) is 13.1. The fourth-order valence-corrected chi connectivity index (χ4v) is 3.48. The molecule has 1 saturated heterocycles. The SMILES string of the molecule is c1cc(NC2CCCCCC2)nc(N2CCCCCC2)n1. The third kappa shape index (κ3) is 4.32. The maximum Gasteiger partial charge on any atom is 0.227 e. The zero-order valence-corrected chi connectivity index (χ0v) is 13.1. The van der Waals surface area contributed by atoms with Gasteiger partial charge in [0.2, 0.25) is 5.95 Å². The number of rotatable bonds is 3. The van der Waals surface area contributed by atoms with Gasteiger partial charge in [0.25, 0.3) is 0 Å². The van der Waals surface area contributed by atoms with Gasteiger partial charge in [0, 0.05) is 25.3 Å². The molecule has 2 fully saturated rings. The van der Waals surface area contributed by atoms with Gasteiger partial charge in [-0.1, -0.05) is 38.5 Å². The van der Waals surface area contributed by atoms with Crippen LogP contribution >= 0.6 is 0 Å². The molecule has 0 aromatic carbocycles. The average Bonchev–Trinajstić information content (AvgIpc) is 2.92. The normalized spacial score (nSPS) is 21.6. The largest absolute Gasteiger partial charge is 0.367 e. The molecule has 0 spiro atoms. The summed E-state index contributed by atoms with van der Waals surface area (Å²) >= 11 is 0. The first-order valence-corrected chi connectivity index (χ1v) is 8.76. The topological polar surface area (TPSA) is 41.1 Å². The standard InChI is InChI=1S/C17H28N4/c1-2-6-10-15(9-5-1)19-16-11-12-18-17(20-16)21-13-7-3-4-8-14-21/h11-12,15H,1-10,13-14H2,(H,18,19,20). The molecule has 2 aliphatic rings. The summed E-state index contributed by atoms with van der Waals surface area (Å²) in [6.45, 7) is 2.21. The molecule has 0 atom stereocenters. The molecule has 1 aliphatic carbocycles. The summed E-state index contributed by atoms with van der Waals surface area (Å²) in [5, 5.41) is 3.64. The van der Waals surface area contributed by atoms with E-state index in [0.29, 0.717) is 6.04 Å². The van der Waals surface area contributed by atoms with Crippen LogP contribution in [0.15, 0.2) is 12.3 Å². The predicted octanol–water partition coefficient (Wildman–Crippen LogP) is 3.99. The molecule has 2 heterocycles. The summed E-state index contributed by atoms with van der Waals surface area (Å²) in [5.74, 6) is 1.92. The van der Waals surface area contributed by atoms with E-state index in [1.165, 1.54) is 64.2 Å². The van der Waals surface area contributed by atoms with E-state index in [1.54, 1.807) is 0 Å². The summed E-state index contributed by atoms with van der Waals surface area (Å²) in [7, 11) is 0. The van der Waals surface area contributed by atoms with E-state index in [9.17, 15) is 0 Å². The second-order valence-corrected chi connectivity index (χ2v) is 6.48. The fourth-order valence-electron chi connectivity index (χ4n) is 3.48. The molecule has 3 rings (SSSR count). The number of nitrogens with one attached hydrogen (secondary N) is 1. The van der Waals surface area contributed by atoms with Crippen molar-refractivity contribution >= 4 is 11.8 Å². The lowest BCUT2D eigenvalue weighted by Crippen LogP contribution is -2.27. The Morgan fingerprint density at radius 3 is 2.29 bits per heavy atom. The van der Waals surface area contributed by atoms with Gasteiger partial charge in [0.1, 0.15) is 5.82 Å². The van der Waals surface area contributed by atoms with E-state index in [-0.39, 0.29) is 0 Å². The maximum atomic E-state index is 4.77. The molecule has 4 nitrogen and oxygen atoms in total. The Morgan fingerprint density at radius 2 is 1.57 bits per heavy atom.